The molecule has 0 radical (unpaired) electrons. The van der Waals surface area contributed by atoms with Gasteiger partial charge >= 0.3 is 11.6 Å². The Morgan fingerprint density at radius 1 is 1.15 bits per heavy atom. The normalized spacial score (nSPS) is 11.2. The molecular formula is C25H24BrNO6. The second-order valence-corrected chi connectivity index (χ2v) is 9.21. The minimum absolute atomic E-state index is 0.119. The molecule has 172 valence electrons. The fourth-order valence-corrected chi connectivity index (χ4v) is 3.45. The zero-order chi connectivity index (χ0) is 24.2. The molecule has 1 heterocycles. The standard InChI is InChI=1S/C25H24BrNO6/c1-5-10-27-23(29)18-11-15-6-8-17(13-21(15)33-24(18)30)32-22(28)14-31-20-9-7-16(26)12-19(20)25(2,3)4/h5-9,11-13H,1,10,14H2,2-4H3,(H,27,29). The Hall–Kier alpha value is -3.39. The van der Waals surface area contributed by atoms with Crippen LogP contribution in [-0.2, 0) is 10.2 Å². The average molecular weight is 514 g/mol. The first-order valence-electron chi connectivity index (χ1n) is 10.2. The van der Waals surface area contributed by atoms with E-state index in [4.69, 9.17) is 13.9 Å². The van der Waals surface area contributed by atoms with Crippen LogP contribution in [0.3, 0.4) is 0 Å². The van der Waals surface area contributed by atoms with Gasteiger partial charge in [0.2, 0.25) is 0 Å². The summed E-state index contributed by atoms with van der Waals surface area (Å²) in [6.45, 7) is 9.60. The van der Waals surface area contributed by atoms with Crippen LogP contribution in [0.2, 0.25) is 0 Å². The molecule has 3 rings (SSSR count). The Labute approximate surface area is 199 Å². The lowest BCUT2D eigenvalue weighted by molar-refractivity contribution is -0.136. The lowest BCUT2D eigenvalue weighted by Gasteiger charge is -2.23. The monoisotopic (exact) mass is 513 g/mol. The van der Waals surface area contributed by atoms with Gasteiger partial charge in [0, 0.05) is 28.0 Å². The Kier molecular flexibility index (Phi) is 7.38. The number of ether oxygens (including phenoxy) is 2. The Morgan fingerprint density at radius 2 is 1.91 bits per heavy atom. The second-order valence-electron chi connectivity index (χ2n) is 8.30. The van der Waals surface area contributed by atoms with Crippen molar-refractivity contribution < 1.29 is 23.5 Å². The van der Waals surface area contributed by atoms with Crippen molar-refractivity contribution in [3.8, 4) is 11.5 Å². The number of hydrogen-bond donors (Lipinski definition) is 1. The number of rotatable bonds is 7. The fourth-order valence-electron chi connectivity index (χ4n) is 3.09. The maximum Gasteiger partial charge on any atom is 0.349 e. The summed E-state index contributed by atoms with van der Waals surface area (Å²) in [6, 6.07) is 11.6. The molecule has 1 N–H and O–H groups in total. The van der Waals surface area contributed by atoms with Crippen LogP contribution in [0.1, 0.15) is 36.7 Å². The van der Waals surface area contributed by atoms with Crippen LogP contribution in [0.25, 0.3) is 11.0 Å². The third kappa shape index (κ3) is 6.10. The first-order chi connectivity index (χ1) is 15.6. The van der Waals surface area contributed by atoms with E-state index in [1.807, 2.05) is 12.1 Å². The maximum atomic E-state index is 12.4. The molecule has 0 fully saturated rings. The third-order valence-corrected chi connectivity index (χ3v) is 5.18. The molecule has 8 heteroatoms. The molecule has 0 bridgehead atoms. The van der Waals surface area contributed by atoms with E-state index in [-0.39, 0.29) is 35.5 Å². The van der Waals surface area contributed by atoms with Crippen LogP contribution in [-0.4, -0.2) is 25.0 Å². The van der Waals surface area contributed by atoms with Crippen molar-refractivity contribution in [1.29, 1.82) is 0 Å². The van der Waals surface area contributed by atoms with Crippen LogP contribution in [0.4, 0.5) is 0 Å². The Bertz CT molecular complexity index is 1270. The quantitative estimate of drug-likeness (QED) is 0.212. The largest absolute Gasteiger partial charge is 0.482 e. The van der Waals surface area contributed by atoms with Crippen molar-refractivity contribution in [2.45, 2.75) is 26.2 Å². The summed E-state index contributed by atoms with van der Waals surface area (Å²) in [7, 11) is 0. The average Bonchev–Trinajstić information content (AvgIpc) is 2.75. The smallest absolute Gasteiger partial charge is 0.349 e. The highest BCUT2D eigenvalue weighted by molar-refractivity contribution is 9.10. The van der Waals surface area contributed by atoms with E-state index < -0.39 is 17.5 Å². The summed E-state index contributed by atoms with van der Waals surface area (Å²) in [5.41, 5.74) is 0.0485. The number of halogens is 1. The number of amides is 1. The molecule has 0 aliphatic rings. The molecule has 33 heavy (non-hydrogen) atoms. The van der Waals surface area contributed by atoms with Crippen LogP contribution in [0, 0.1) is 0 Å². The highest BCUT2D eigenvalue weighted by Gasteiger charge is 2.20. The summed E-state index contributed by atoms with van der Waals surface area (Å²) >= 11 is 3.46. The SMILES string of the molecule is C=CCNC(=O)c1cc2ccc(OC(=O)COc3ccc(Br)cc3C(C)(C)C)cc2oc1=O. The van der Waals surface area contributed by atoms with Gasteiger partial charge in [0.15, 0.2) is 6.61 Å². The summed E-state index contributed by atoms with van der Waals surface area (Å²) in [6.07, 6.45) is 1.51. The molecule has 1 amide bonds. The van der Waals surface area contributed by atoms with Crippen molar-refractivity contribution >= 4 is 38.8 Å². The van der Waals surface area contributed by atoms with Gasteiger partial charge in [0.1, 0.15) is 22.6 Å². The van der Waals surface area contributed by atoms with E-state index in [1.165, 1.54) is 18.2 Å². The van der Waals surface area contributed by atoms with E-state index in [2.05, 4.69) is 48.6 Å². The molecular weight excluding hydrogens is 490 g/mol. The molecule has 0 unspecified atom stereocenters. The van der Waals surface area contributed by atoms with Crippen molar-refractivity contribution in [3.05, 3.63) is 81.1 Å². The van der Waals surface area contributed by atoms with Gasteiger partial charge in [-0.15, -0.1) is 6.58 Å². The van der Waals surface area contributed by atoms with Gasteiger partial charge in [-0.25, -0.2) is 9.59 Å². The number of esters is 1. The zero-order valence-electron chi connectivity index (χ0n) is 18.6. The van der Waals surface area contributed by atoms with Crippen LogP contribution >= 0.6 is 15.9 Å². The molecule has 0 saturated heterocycles. The molecule has 7 nitrogen and oxygen atoms in total. The minimum Gasteiger partial charge on any atom is -0.482 e. The first-order valence-corrected chi connectivity index (χ1v) is 11.0. The molecule has 0 saturated carbocycles. The van der Waals surface area contributed by atoms with Crippen molar-refractivity contribution in [2.24, 2.45) is 0 Å². The predicted molar refractivity (Wildman–Crippen MR) is 129 cm³/mol. The first kappa shape index (κ1) is 24.3. The number of carbonyl (C=O) groups excluding carboxylic acids is 2. The number of nitrogens with one attached hydrogen (secondary N) is 1. The minimum atomic E-state index is -0.791. The summed E-state index contributed by atoms with van der Waals surface area (Å²) in [5.74, 6) is -0.384. The molecule has 3 aromatic rings. The highest BCUT2D eigenvalue weighted by atomic mass is 79.9. The van der Waals surface area contributed by atoms with Crippen molar-refractivity contribution in [1.82, 2.24) is 5.32 Å². The maximum absolute atomic E-state index is 12.4. The molecule has 0 aliphatic heterocycles. The lowest BCUT2D eigenvalue weighted by Crippen LogP contribution is -2.28. The van der Waals surface area contributed by atoms with Crippen molar-refractivity contribution in [2.75, 3.05) is 13.2 Å². The summed E-state index contributed by atoms with van der Waals surface area (Å²) in [4.78, 5) is 36.6. The molecule has 0 spiro atoms. The fraction of sp³-hybridized carbons (Fsp3) is 0.240. The van der Waals surface area contributed by atoms with Gasteiger partial charge < -0.3 is 19.2 Å². The summed E-state index contributed by atoms with van der Waals surface area (Å²) in [5, 5.41) is 3.05. The van der Waals surface area contributed by atoms with E-state index in [1.54, 1.807) is 18.2 Å². The predicted octanol–water partition coefficient (Wildman–Crippen LogP) is 4.75. The molecule has 2 aromatic carbocycles. The molecule has 0 atom stereocenters. The molecule has 1 aromatic heterocycles. The van der Waals surface area contributed by atoms with E-state index >= 15 is 0 Å². The van der Waals surface area contributed by atoms with Gasteiger partial charge in [0.25, 0.3) is 5.91 Å². The molecule has 0 aliphatic carbocycles. The number of carbonyl (C=O) groups is 2. The van der Waals surface area contributed by atoms with Gasteiger partial charge in [0.05, 0.1) is 0 Å². The number of benzene rings is 2. The van der Waals surface area contributed by atoms with Crippen LogP contribution in [0.15, 0.2) is 68.8 Å². The number of hydrogen-bond acceptors (Lipinski definition) is 6. The van der Waals surface area contributed by atoms with Gasteiger partial charge in [-0.3, -0.25) is 4.79 Å². The Balaban J connectivity index is 1.72. The number of fused-ring (bicyclic) bond motifs is 1. The van der Waals surface area contributed by atoms with Gasteiger partial charge in [-0.2, -0.15) is 0 Å². The van der Waals surface area contributed by atoms with E-state index in [9.17, 15) is 14.4 Å². The van der Waals surface area contributed by atoms with Crippen LogP contribution < -0.4 is 20.4 Å². The highest BCUT2D eigenvalue weighted by Crippen LogP contribution is 2.33. The van der Waals surface area contributed by atoms with Gasteiger partial charge in [-0.05, 0) is 41.8 Å². The third-order valence-electron chi connectivity index (χ3n) is 4.69. The van der Waals surface area contributed by atoms with E-state index in [0.29, 0.717) is 11.1 Å². The summed E-state index contributed by atoms with van der Waals surface area (Å²) < 4.78 is 17.2. The Morgan fingerprint density at radius 3 is 2.61 bits per heavy atom. The van der Waals surface area contributed by atoms with Crippen LogP contribution in [0.5, 0.6) is 11.5 Å². The van der Waals surface area contributed by atoms with Crippen molar-refractivity contribution in [3.63, 3.8) is 0 Å². The second kappa shape index (κ2) is 10.0. The lowest BCUT2D eigenvalue weighted by atomic mass is 9.86. The zero-order valence-corrected chi connectivity index (χ0v) is 20.2. The van der Waals surface area contributed by atoms with E-state index in [0.717, 1.165) is 10.0 Å². The van der Waals surface area contributed by atoms with Gasteiger partial charge in [-0.1, -0.05) is 42.8 Å². The topological polar surface area (TPSA) is 94.8 Å².